The number of aryl methyl sites for hydroxylation is 1. The normalized spacial score (nSPS) is 12.8. The maximum Gasteiger partial charge on any atom is 0.203 e. The lowest BCUT2D eigenvalue weighted by Crippen LogP contribution is -2.43. The van der Waals surface area contributed by atoms with E-state index in [9.17, 15) is 0 Å². The first kappa shape index (κ1) is 30.6. The molecule has 37 heavy (non-hydrogen) atoms. The summed E-state index contributed by atoms with van der Waals surface area (Å²) in [5.74, 6) is 4.00. The lowest BCUT2D eigenvalue weighted by molar-refractivity contribution is 0.260. The summed E-state index contributed by atoms with van der Waals surface area (Å²) in [4.78, 5) is 0. The largest absolute Gasteiger partial charge is 0.493 e. The highest BCUT2D eigenvalue weighted by Crippen LogP contribution is 2.45. The lowest BCUT2D eigenvalue weighted by Gasteiger charge is -2.39. The van der Waals surface area contributed by atoms with Crippen LogP contribution in [0.3, 0.4) is 0 Å². The second kappa shape index (κ2) is 15.6. The zero-order chi connectivity index (χ0) is 27.3. The maximum atomic E-state index is 5.68. The van der Waals surface area contributed by atoms with E-state index < -0.39 is 0 Å². The van der Waals surface area contributed by atoms with Crippen LogP contribution in [0.1, 0.15) is 51.2 Å². The molecule has 2 rings (SSSR count). The van der Waals surface area contributed by atoms with Crippen LogP contribution in [0.2, 0.25) is 0 Å². The van der Waals surface area contributed by atoms with Crippen LogP contribution in [0.5, 0.6) is 28.7 Å². The lowest BCUT2D eigenvalue weighted by atomic mass is 9.68. The summed E-state index contributed by atoms with van der Waals surface area (Å²) in [5, 5.41) is 7.26. The molecule has 208 valence electrons. The van der Waals surface area contributed by atoms with Gasteiger partial charge in [0.25, 0.3) is 0 Å². The van der Waals surface area contributed by atoms with E-state index in [2.05, 4.69) is 55.7 Å². The quantitative estimate of drug-likeness (QED) is 0.263. The van der Waals surface area contributed by atoms with Gasteiger partial charge in [-0.2, -0.15) is 0 Å². The molecule has 0 aromatic heterocycles. The second-order valence-electron chi connectivity index (χ2n) is 9.65. The van der Waals surface area contributed by atoms with Crippen LogP contribution < -0.4 is 34.3 Å². The molecule has 0 aliphatic heterocycles. The van der Waals surface area contributed by atoms with Crippen LogP contribution in [0, 0.1) is 5.92 Å². The summed E-state index contributed by atoms with van der Waals surface area (Å²) in [6.45, 7) is 10.5. The van der Waals surface area contributed by atoms with Gasteiger partial charge in [-0.05, 0) is 86.6 Å². The zero-order valence-corrected chi connectivity index (χ0v) is 24.2. The third-order valence-electron chi connectivity index (χ3n) is 7.28. The average Bonchev–Trinajstić information content (AvgIpc) is 2.92. The molecule has 1 atom stereocenters. The molecule has 7 nitrogen and oxygen atoms in total. The first-order chi connectivity index (χ1) is 17.9. The fourth-order valence-corrected chi connectivity index (χ4v) is 4.99. The minimum atomic E-state index is -0.0653. The number of methoxy groups -OCH3 is 5. The van der Waals surface area contributed by atoms with E-state index >= 15 is 0 Å². The molecule has 0 radical (unpaired) electrons. The first-order valence-corrected chi connectivity index (χ1v) is 13.3. The van der Waals surface area contributed by atoms with Crippen LogP contribution in [0.25, 0.3) is 0 Å². The van der Waals surface area contributed by atoms with Crippen molar-refractivity contribution in [1.82, 2.24) is 10.6 Å². The van der Waals surface area contributed by atoms with E-state index in [0.717, 1.165) is 63.4 Å². The Bertz CT molecular complexity index is 925. The number of rotatable bonds is 18. The molecule has 0 spiro atoms. The number of ether oxygens (including phenoxy) is 5. The smallest absolute Gasteiger partial charge is 0.203 e. The van der Waals surface area contributed by atoms with E-state index in [0.29, 0.717) is 23.2 Å². The van der Waals surface area contributed by atoms with Gasteiger partial charge in [-0.1, -0.05) is 26.8 Å². The third-order valence-corrected chi connectivity index (χ3v) is 7.28. The predicted molar refractivity (Wildman–Crippen MR) is 151 cm³/mol. The molecular weight excluding hydrogens is 468 g/mol. The van der Waals surface area contributed by atoms with Crippen LogP contribution in [0.15, 0.2) is 30.3 Å². The summed E-state index contributed by atoms with van der Waals surface area (Å²) in [6, 6.07) is 10.4. The molecule has 2 N–H and O–H groups in total. The predicted octanol–water partition coefficient (Wildman–Crippen LogP) is 5.24. The standard InChI is InChI=1S/C30H48N2O5/c1-9-31-21-30(22(2)3,24-19-27(35-6)29(37-8)28(20-24)36-7)15-11-17-32-16-10-12-23-13-14-25(33-4)26(18-23)34-5/h13-14,18-20,22,31-32H,9-12,15-17,21H2,1-8H3. The van der Waals surface area contributed by atoms with E-state index in [-0.39, 0.29) is 5.41 Å². The van der Waals surface area contributed by atoms with Gasteiger partial charge in [-0.25, -0.2) is 0 Å². The minimum Gasteiger partial charge on any atom is -0.493 e. The molecule has 0 aliphatic carbocycles. The molecule has 2 aromatic rings. The van der Waals surface area contributed by atoms with Crippen LogP contribution >= 0.6 is 0 Å². The van der Waals surface area contributed by atoms with Gasteiger partial charge in [-0.3, -0.25) is 0 Å². The molecule has 0 heterocycles. The SMILES string of the molecule is CCNCC(CCCNCCCc1ccc(OC)c(OC)c1)(c1cc(OC)c(OC)c(OC)c1)C(C)C. The first-order valence-electron chi connectivity index (χ1n) is 13.3. The zero-order valence-electron chi connectivity index (χ0n) is 24.2. The van der Waals surface area contributed by atoms with Crippen molar-refractivity contribution in [3.63, 3.8) is 0 Å². The summed E-state index contributed by atoms with van der Waals surface area (Å²) < 4.78 is 27.7. The van der Waals surface area contributed by atoms with E-state index in [1.165, 1.54) is 11.1 Å². The topological polar surface area (TPSA) is 70.2 Å². The number of likely N-dealkylation sites (N-methyl/N-ethyl adjacent to an activating group) is 1. The number of benzene rings is 2. The van der Waals surface area contributed by atoms with Gasteiger partial charge >= 0.3 is 0 Å². The van der Waals surface area contributed by atoms with Crippen LogP contribution in [-0.4, -0.2) is 61.7 Å². The van der Waals surface area contributed by atoms with Gasteiger partial charge in [0.2, 0.25) is 5.75 Å². The molecule has 0 aliphatic rings. The third kappa shape index (κ3) is 7.92. The molecule has 0 saturated heterocycles. The molecule has 0 saturated carbocycles. The monoisotopic (exact) mass is 516 g/mol. The minimum absolute atomic E-state index is 0.0653. The molecular formula is C30H48N2O5. The highest BCUT2D eigenvalue weighted by atomic mass is 16.5. The van der Waals surface area contributed by atoms with Crippen molar-refractivity contribution in [2.75, 3.05) is 61.7 Å². The molecule has 1 unspecified atom stereocenters. The van der Waals surface area contributed by atoms with Crippen molar-refractivity contribution in [3.05, 3.63) is 41.5 Å². The Morgan fingerprint density at radius 1 is 0.730 bits per heavy atom. The second-order valence-corrected chi connectivity index (χ2v) is 9.65. The highest BCUT2D eigenvalue weighted by molar-refractivity contribution is 5.55. The highest BCUT2D eigenvalue weighted by Gasteiger charge is 2.36. The van der Waals surface area contributed by atoms with Crippen molar-refractivity contribution in [2.24, 2.45) is 5.92 Å². The van der Waals surface area contributed by atoms with Crippen molar-refractivity contribution >= 4 is 0 Å². The molecule has 2 aromatic carbocycles. The fourth-order valence-electron chi connectivity index (χ4n) is 4.99. The van der Waals surface area contributed by atoms with Crippen LogP contribution in [0.4, 0.5) is 0 Å². The van der Waals surface area contributed by atoms with Gasteiger partial charge in [0.05, 0.1) is 35.5 Å². The van der Waals surface area contributed by atoms with Gasteiger partial charge in [0, 0.05) is 12.0 Å². The molecule has 0 bridgehead atoms. The number of hydrogen-bond donors (Lipinski definition) is 2. The summed E-state index contributed by atoms with van der Waals surface area (Å²) in [5.41, 5.74) is 2.40. The average molecular weight is 517 g/mol. The van der Waals surface area contributed by atoms with E-state index in [1.807, 2.05) is 6.07 Å². The van der Waals surface area contributed by atoms with E-state index in [1.54, 1.807) is 35.5 Å². The molecule has 0 amide bonds. The fraction of sp³-hybridized carbons (Fsp3) is 0.600. The van der Waals surface area contributed by atoms with Gasteiger partial charge in [0.15, 0.2) is 23.0 Å². The van der Waals surface area contributed by atoms with Gasteiger partial charge in [0.1, 0.15) is 0 Å². The Balaban J connectivity index is 2.04. The van der Waals surface area contributed by atoms with Gasteiger partial charge in [-0.15, -0.1) is 0 Å². The Labute approximate surface area is 224 Å². The Kier molecular flexibility index (Phi) is 12.9. The van der Waals surface area contributed by atoms with E-state index in [4.69, 9.17) is 23.7 Å². The Morgan fingerprint density at radius 2 is 1.35 bits per heavy atom. The van der Waals surface area contributed by atoms with Crippen molar-refractivity contribution < 1.29 is 23.7 Å². The van der Waals surface area contributed by atoms with Crippen molar-refractivity contribution in [2.45, 2.75) is 51.9 Å². The van der Waals surface area contributed by atoms with Crippen LogP contribution in [-0.2, 0) is 11.8 Å². The Morgan fingerprint density at radius 3 is 1.89 bits per heavy atom. The summed E-state index contributed by atoms with van der Waals surface area (Å²) in [6.07, 6.45) is 4.17. The summed E-state index contributed by atoms with van der Waals surface area (Å²) >= 11 is 0. The van der Waals surface area contributed by atoms with Gasteiger partial charge < -0.3 is 34.3 Å². The number of hydrogen-bond acceptors (Lipinski definition) is 7. The maximum absolute atomic E-state index is 5.68. The molecule has 0 fully saturated rings. The molecule has 7 heteroatoms. The number of nitrogens with one attached hydrogen (secondary N) is 2. The Hall–Kier alpha value is -2.64. The summed E-state index contributed by atoms with van der Waals surface area (Å²) in [7, 11) is 8.33. The van der Waals surface area contributed by atoms with Crippen molar-refractivity contribution in [1.29, 1.82) is 0 Å². The van der Waals surface area contributed by atoms with Crippen molar-refractivity contribution in [3.8, 4) is 28.7 Å².